The van der Waals surface area contributed by atoms with E-state index in [1.165, 1.54) is 0 Å². The number of carboxylic acids is 1. The lowest BCUT2D eigenvalue weighted by molar-refractivity contribution is -0.138. The standard InChI is InChI=1S/C9H15N3O5/c1-2-10-7(14)5-11-9(17)12-6(13)3-4-8(15)16/h2-5H2,1H3,(H,10,14)(H,15,16)(H2,11,12,13,17). The molecule has 4 N–H and O–H groups in total. The molecular weight excluding hydrogens is 230 g/mol. The van der Waals surface area contributed by atoms with Gasteiger partial charge in [0, 0.05) is 13.0 Å². The second-order valence-electron chi connectivity index (χ2n) is 3.08. The number of imide groups is 1. The Morgan fingerprint density at radius 3 is 2.18 bits per heavy atom. The molecule has 0 rings (SSSR count). The summed E-state index contributed by atoms with van der Waals surface area (Å²) in [6.45, 7) is 1.93. The number of rotatable bonds is 6. The van der Waals surface area contributed by atoms with Crippen molar-refractivity contribution in [2.75, 3.05) is 13.1 Å². The number of hydrogen-bond acceptors (Lipinski definition) is 4. The summed E-state index contributed by atoms with van der Waals surface area (Å²) in [6, 6.07) is -0.827. The monoisotopic (exact) mass is 245 g/mol. The fourth-order valence-electron chi connectivity index (χ4n) is 0.874. The van der Waals surface area contributed by atoms with Gasteiger partial charge in [0.25, 0.3) is 0 Å². The normalized spacial score (nSPS) is 9.24. The number of aliphatic carboxylic acids is 1. The van der Waals surface area contributed by atoms with Gasteiger partial charge in [-0.25, -0.2) is 4.79 Å². The Hall–Kier alpha value is -2.12. The summed E-state index contributed by atoms with van der Waals surface area (Å²) in [6.07, 6.45) is -0.640. The molecule has 8 nitrogen and oxygen atoms in total. The minimum atomic E-state index is -1.12. The Bertz CT molecular complexity index is 316. The van der Waals surface area contributed by atoms with Crippen LogP contribution in [0.2, 0.25) is 0 Å². The third-order valence-corrected chi connectivity index (χ3v) is 1.60. The minimum absolute atomic E-state index is 0.244. The van der Waals surface area contributed by atoms with Crippen molar-refractivity contribution in [3.05, 3.63) is 0 Å². The summed E-state index contributed by atoms with van der Waals surface area (Å²) >= 11 is 0. The second-order valence-corrected chi connectivity index (χ2v) is 3.08. The van der Waals surface area contributed by atoms with E-state index in [9.17, 15) is 19.2 Å². The van der Waals surface area contributed by atoms with E-state index >= 15 is 0 Å². The lowest BCUT2D eigenvalue weighted by Gasteiger charge is -2.05. The Morgan fingerprint density at radius 2 is 1.65 bits per heavy atom. The van der Waals surface area contributed by atoms with Gasteiger partial charge in [-0.3, -0.25) is 19.7 Å². The Kier molecular flexibility index (Phi) is 7.07. The molecule has 0 radical (unpaired) electrons. The maximum Gasteiger partial charge on any atom is 0.321 e. The molecule has 0 saturated heterocycles. The summed E-state index contributed by atoms with van der Waals surface area (Å²) in [4.78, 5) is 43.1. The van der Waals surface area contributed by atoms with Gasteiger partial charge >= 0.3 is 12.0 Å². The van der Waals surface area contributed by atoms with Crippen molar-refractivity contribution in [3.8, 4) is 0 Å². The van der Waals surface area contributed by atoms with E-state index in [1.807, 2.05) is 5.32 Å². The average Bonchev–Trinajstić information content (AvgIpc) is 2.24. The topological polar surface area (TPSA) is 125 Å². The summed E-state index contributed by atoms with van der Waals surface area (Å²) in [5.74, 6) is -2.20. The number of amides is 4. The van der Waals surface area contributed by atoms with Crippen LogP contribution < -0.4 is 16.0 Å². The molecular formula is C9H15N3O5. The third-order valence-electron chi connectivity index (χ3n) is 1.60. The highest BCUT2D eigenvalue weighted by molar-refractivity contribution is 5.96. The van der Waals surface area contributed by atoms with Gasteiger partial charge in [0.1, 0.15) is 0 Å². The SMILES string of the molecule is CCNC(=O)CNC(=O)NC(=O)CCC(=O)O. The van der Waals surface area contributed by atoms with Gasteiger partial charge in [-0.15, -0.1) is 0 Å². The molecule has 0 aliphatic heterocycles. The lowest BCUT2D eigenvalue weighted by Crippen LogP contribution is -2.44. The van der Waals surface area contributed by atoms with E-state index in [-0.39, 0.29) is 25.3 Å². The van der Waals surface area contributed by atoms with Gasteiger partial charge in [-0.05, 0) is 6.92 Å². The molecule has 4 amide bonds. The first-order chi connectivity index (χ1) is 7.95. The zero-order chi connectivity index (χ0) is 13.3. The molecule has 0 bridgehead atoms. The first-order valence-corrected chi connectivity index (χ1v) is 5.01. The van der Waals surface area contributed by atoms with Gasteiger partial charge in [0.05, 0.1) is 13.0 Å². The Balaban J connectivity index is 3.74. The minimum Gasteiger partial charge on any atom is -0.481 e. The van der Waals surface area contributed by atoms with Gasteiger partial charge in [-0.1, -0.05) is 0 Å². The molecule has 0 unspecified atom stereocenters. The van der Waals surface area contributed by atoms with Crippen molar-refractivity contribution in [1.82, 2.24) is 16.0 Å². The smallest absolute Gasteiger partial charge is 0.321 e. The number of nitrogens with one attached hydrogen (secondary N) is 3. The molecule has 0 aliphatic rings. The molecule has 0 heterocycles. The maximum absolute atomic E-state index is 11.0. The van der Waals surface area contributed by atoms with E-state index in [2.05, 4.69) is 10.6 Å². The first-order valence-electron chi connectivity index (χ1n) is 5.01. The van der Waals surface area contributed by atoms with Gasteiger partial charge in [0.15, 0.2) is 0 Å². The number of carbonyl (C=O) groups is 4. The number of likely N-dealkylation sites (N-methyl/N-ethyl adjacent to an activating group) is 1. The van der Waals surface area contributed by atoms with E-state index in [0.29, 0.717) is 6.54 Å². The van der Waals surface area contributed by atoms with Crippen LogP contribution in [0.4, 0.5) is 4.79 Å². The summed E-state index contributed by atoms with van der Waals surface area (Å²) in [7, 11) is 0. The maximum atomic E-state index is 11.0. The zero-order valence-electron chi connectivity index (χ0n) is 9.41. The van der Waals surface area contributed by atoms with Crippen LogP contribution >= 0.6 is 0 Å². The largest absolute Gasteiger partial charge is 0.481 e. The molecule has 0 aromatic rings. The van der Waals surface area contributed by atoms with Gasteiger partial charge < -0.3 is 15.7 Å². The summed E-state index contributed by atoms with van der Waals surface area (Å²) in [5, 5.41) is 14.8. The van der Waals surface area contributed by atoms with Crippen LogP contribution in [0.15, 0.2) is 0 Å². The number of carbonyl (C=O) groups excluding carboxylic acids is 3. The van der Waals surface area contributed by atoms with Crippen molar-refractivity contribution in [2.45, 2.75) is 19.8 Å². The molecule has 8 heteroatoms. The van der Waals surface area contributed by atoms with E-state index in [0.717, 1.165) is 0 Å². The van der Waals surface area contributed by atoms with E-state index < -0.39 is 17.9 Å². The van der Waals surface area contributed by atoms with Crippen LogP contribution in [0, 0.1) is 0 Å². The highest BCUT2D eigenvalue weighted by Gasteiger charge is 2.10. The molecule has 0 atom stereocenters. The molecule has 0 aromatic heterocycles. The van der Waals surface area contributed by atoms with Crippen LogP contribution in [0.1, 0.15) is 19.8 Å². The van der Waals surface area contributed by atoms with E-state index in [4.69, 9.17) is 5.11 Å². The molecule has 0 fully saturated rings. The van der Waals surface area contributed by atoms with Crippen LogP contribution in [0.3, 0.4) is 0 Å². The average molecular weight is 245 g/mol. The van der Waals surface area contributed by atoms with Crippen molar-refractivity contribution in [3.63, 3.8) is 0 Å². The third kappa shape index (κ3) is 8.85. The molecule has 0 aromatic carbocycles. The van der Waals surface area contributed by atoms with Gasteiger partial charge in [0.2, 0.25) is 11.8 Å². The fraction of sp³-hybridized carbons (Fsp3) is 0.556. The van der Waals surface area contributed by atoms with Crippen molar-refractivity contribution in [2.24, 2.45) is 0 Å². The predicted molar refractivity (Wildman–Crippen MR) is 57.1 cm³/mol. The predicted octanol–water partition coefficient (Wildman–Crippen LogP) is -1.19. The first kappa shape index (κ1) is 14.9. The highest BCUT2D eigenvalue weighted by Crippen LogP contribution is 1.87. The van der Waals surface area contributed by atoms with Crippen molar-refractivity contribution < 1.29 is 24.3 Å². The van der Waals surface area contributed by atoms with Crippen LogP contribution in [-0.2, 0) is 14.4 Å². The highest BCUT2D eigenvalue weighted by atomic mass is 16.4. The number of carboxylic acid groups (broad SMARTS) is 1. The number of hydrogen-bond donors (Lipinski definition) is 4. The number of urea groups is 1. The van der Waals surface area contributed by atoms with Crippen LogP contribution in [0.5, 0.6) is 0 Å². The molecule has 96 valence electrons. The molecule has 0 saturated carbocycles. The van der Waals surface area contributed by atoms with Crippen molar-refractivity contribution in [1.29, 1.82) is 0 Å². The molecule has 0 spiro atoms. The Labute approximate surface area is 97.7 Å². The quantitative estimate of drug-likeness (QED) is 0.468. The molecule has 17 heavy (non-hydrogen) atoms. The lowest BCUT2D eigenvalue weighted by atomic mass is 10.3. The second kappa shape index (κ2) is 8.08. The zero-order valence-corrected chi connectivity index (χ0v) is 9.41. The summed E-state index contributed by atoms with van der Waals surface area (Å²) < 4.78 is 0. The molecule has 0 aliphatic carbocycles. The van der Waals surface area contributed by atoms with Gasteiger partial charge in [-0.2, -0.15) is 0 Å². The summed E-state index contributed by atoms with van der Waals surface area (Å²) in [5.41, 5.74) is 0. The Morgan fingerprint density at radius 1 is 1.00 bits per heavy atom. The van der Waals surface area contributed by atoms with E-state index in [1.54, 1.807) is 6.92 Å². The van der Waals surface area contributed by atoms with Crippen LogP contribution in [-0.4, -0.2) is 42.0 Å². The van der Waals surface area contributed by atoms with Crippen LogP contribution in [0.25, 0.3) is 0 Å². The van der Waals surface area contributed by atoms with Crippen molar-refractivity contribution >= 4 is 23.8 Å². The fourth-order valence-corrected chi connectivity index (χ4v) is 0.874.